The standard InChI is InChI=1S/C16H12N2O3/c17-16(20)18-9-8-12-10-13(6-7-14(12)18)21-15(19)11-4-2-1-3-5-11/h1-10H,(H2,17,20). The van der Waals surface area contributed by atoms with Gasteiger partial charge in [0, 0.05) is 11.6 Å². The minimum Gasteiger partial charge on any atom is -0.423 e. The van der Waals surface area contributed by atoms with Crippen molar-refractivity contribution in [1.29, 1.82) is 0 Å². The highest BCUT2D eigenvalue weighted by atomic mass is 16.5. The average Bonchev–Trinajstić information content (AvgIpc) is 2.91. The van der Waals surface area contributed by atoms with Gasteiger partial charge in [0.25, 0.3) is 0 Å². The Kier molecular flexibility index (Phi) is 3.16. The monoisotopic (exact) mass is 280 g/mol. The summed E-state index contributed by atoms with van der Waals surface area (Å²) >= 11 is 0. The van der Waals surface area contributed by atoms with Crippen molar-refractivity contribution in [2.75, 3.05) is 0 Å². The van der Waals surface area contributed by atoms with Crippen LogP contribution in [0, 0.1) is 0 Å². The van der Waals surface area contributed by atoms with Gasteiger partial charge in [-0.2, -0.15) is 0 Å². The molecule has 0 aliphatic rings. The largest absolute Gasteiger partial charge is 0.423 e. The van der Waals surface area contributed by atoms with Crippen LogP contribution in [-0.2, 0) is 0 Å². The molecule has 2 aromatic carbocycles. The Bertz CT molecular complexity index is 822. The lowest BCUT2D eigenvalue weighted by atomic mass is 10.2. The molecule has 0 aliphatic heterocycles. The molecule has 0 fully saturated rings. The molecule has 1 heterocycles. The number of nitrogens with two attached hydrogens (primary N) is 1. The molecule has 0 bridgehead atoms. The summed E-state index contributed by atoms with van der Waals surface area (Å²) in [5.41, 5.74) is 6.41. The fourth-order valence-corrected chi connectivity index (χ4v) is 2.12. The van der Waals surface area contributed by atoms with Crippen LogP contribution >= 0.6 is 0 Å². The van der Waals surface area contributed by atoms with Crippen LogP contribution in [0.15, 0.2) is 60.8 Å². The number of rotatable bonds is 2. The lowest BCUT2D eigenvalue weighted by molar-refractivity contribution is 0.0735. The van der Waals surface area contributed by atoms with Crippen molar-refractivity contribution in [2.24, 2.45) is 5.73 Å². The van der Waals surface area contributed by atoms with E-state index in [4.69, 9.17) is 10.5 Å². The van der Waals surface area contributed by atoms with Gasteiger partial charge in [0.15, 0.2) is 0 Å². The molecule has 1 aromatic heterocycles. The maximum atomic E-state index is 12.0. The van der Waals surface area contributed by atoms with Crippen molar-refractivity contribution < 1.29 is 14.3 Å². The van der Waals surface area contributed by atoms with Gasteiger partial charge >= 0.3 is 12.0 Å². The number of hydrogen-bond acceptors (Lipinski definition) is 3. The smallest absolute Gasteiger partial charge is 0.343 e. The van der Waals surface area contributed by atoms with Crippen molar-refractivity contribution in [1.82, 2.24) is 4.57 Å². The first-order valence-electron chi connectivity index (χ1n) is 6.33. The topological polar surface area (TPSA) is 74.3 Å². The maximum absolute atomic E-state index is 12.0. The van der Waals surface area contributed by atoms with Gasteiger partial charge in [-0.1, -0.05) is 18.2 Å². The van der Waals surface area contributed by atoms with Crippen LogP contribution in [-0.4, -0.2) is 16.6 Å². The second-order valence-corrected chi connectivity index (χ2v) is 4.50. The summed E-state index contributed by atoms with van der Waals surface area (Å²) in [7, 11) is 0. The van der Waals surface area contributed by atoms with Crippen molar-refractivity contribution in [3.63, 3.8) is 0 Å². The summed E-state index contributed by atoms with van der Waals surface area (Å²) in [5.74, 6) is -0.0112. The van der Waals surface area contributed by atoms with Gasteiger partial charge in [0.1, 0.15) is 5.75 Å². The fourth-order valence-electron chi connectivity index (χ4n) is 2.12. The lowest BCUT2D eigenvalue weighted by Crippen LogP contribution is -2.18. The summed E-state index contributed by atoms with van der Waals surface area (Å²) in [5, 5.41) is 0.771. The molecule has 21 heavy (non-hydrogen) atoms. The molecule has 104 valence electrons. The zero-order valence-electron chi connectivity index (χ0n) is 11.0. The molecule has 3 aromatic rings. The molecular weight excluding hydrogens is 268 g/mol. The minimum atomic E-state index is -0.556. The summed E-state index contributed by atoms with van der Waals surface area (Å²) < 4.78 is 6.65. The van der Waals surface area contributed by atoms with Gasteiger partial charge in [-0.05, 0) is 36.4 Å². The Balaban J connectivity index is 1.89. The zero-order valence-corrected chi connectivity index (χ0v) is 11.0. The molecule has 2 N–H and O–H groups in total. The van der Waals surface area contributed by atoms with Crippen LogP contribution in [0.25, 0.3) is 10.9 Å². The van der Waals surface area contributed by atoms with Crippen molar-refractivity contribution in [2.45, 2.75) is 0 Å². The SMILES string of the molecule is NC(=O)n1ccc2cc(OC(=O)c3ccccc3)ccc21. The predicted molar refractivity (Wildman–Crippen MR) is 78.3 cm³/mol. The Labute approximate surface area is 120 Å². The molecule has 0 unspecified atom stereocenters. The molecule has 0 spiro atoms. The zero-order chi connectivity index (χ0) is 14.8. The van der Waals surface area contributed by atoms with Gasteiger partial charge in [0.05, 0.1) is 11.1 Å². The molecule has 0 radical (unpaired) electrons. The van der Waals surface area contributed by atoms with Crippen LogP contribution in [0.1, 0.15) is 10.4 Å². The Morgan fingerprint density at radius 2 is 1.76 bits per heavy atom. The first kappa shape index (κ1) is 12.9. The number of ether oxygens (including phenoxy) is 1. The molecule has 0 saturated heterocycles. The highest BCUT2D eigenvalue weighted by Gasteiger charge is 2.10. The molecule has 0 aliphatic carbocycles. The highest BCUT2D eigenvalue weighted by molar-refractivity contribution is 5.93. The van der Waals surface area contributed by atoms with Gasteiger partial charge in [-0.3, -0.25) is 4.57 Å². The van der Waals surface area contributed by atoms with Crippen LogP contribution in [0.4, 0.5) is 4.79 Å². The van der Waals surface area contributed by atoms with Crippen LogP contribution in [0.2, 0.25) is 0 Å². The minimum absolute atomic E-state index is 0.415. The molecule has 1 amide bonds. The molecule has 0 saturated carbocycles. The second-order valence-electron chi connectivity index (χ2n) is 4.50. The van der Waals surface area contributed by atoms with Crippen LogP contribution in [0.5, 0.6) is 5.75 Å². The summed E-state index contributed by atoms with van der Waals surface area (Å²) in [6.07, 6.45) is 1.58. The second kappa shape index (κ2) is 5.13. The number of primary amides is 1. The van der Waals surface area contributed by atoms with E-state index < -0.39 is 12.0 Å². The number of carbonyl (C=O) groups excluding carboxylic acids is 2. The third kappa shape index (κ3) is 2.49. The van der Waals surface area contributed by atoms with E-state index in [1.807, 2.05) is 6.07 Å². The lowest BCUT2D eigenvalue weighted by Gasteiger charge is -2.05. The third-order valence-electron chi connectivity index (χ3n) is 3.12. The summed E-state index contributed by atoms with van der Waals surface area (Å²) in [6, 6.07) is 14.9. The van der Waals surface area contributed by atoms with Crippen molar-refractivity contribution in [3.8, 4) is 5.75 Å². The highest BCUT2D eigenvalue weighted by Crippen LogP contribution is 2.22. The van der Waals surface area contributed by atoms with Gasteiger partial charge in [-0.15, -0.1) is 0 Å². The number of hydrogen-bond donors (Lipinski definition) is 1. The number of aromatic nitrogens is 1. The fraction of sp³-hybridized carbons (Fsp3) is 0. The van der Waals surface area contributed by atoms with E-state index in [1.54, 1.807) is 54.7 Å². The quantitative estimate of drug-likeness (QED) is 0.579. The van der Waals surface area contributed by atoms with Crippen molar-refractivity contribution in [3.05, 3.63) is 66.4 Å². The van der Waals surface area contributed by atoms with Crippen LogP contribution in [0.3, 0.4) is 0 Å². The normalized spacial score (nSPS) is 10.5. The number of esters is 1. The van der Waals surface area contributed by atoms with E-state index in [0.29, 0.717) is 16.8 Å². The van der Waals surface area contributed by atoms with Gasteiger partial charge in [0.2, 0.25) is 0 Å². The molecule has 3 rings (SSSR count). The van der Waals surface area contributed by atoms with E-state index in [1.165, 1.54) is 4.57 Å². The van der Waals surface area contributed by atoms with E-state index in [-0.39, 0.29) is 0 Å². The molecule has 5 heteroatoms. The average molecular weight is 280 g/mol. The molecule has 5 nitrogen and oxygen atoms in total. The van der Waals surface area contributed by atoms with E-state index in [9.17, 15) is 9.59 Å². The number of amides is 1. The number of nitrogens with zero attached hydrogens (tertiary/aromatic N) is 1. The Hall–Kier alpha value is -3.08. The predicted octanol–water partition coefficient (Wildman–Crippen LogP) is 2.79. The maximum Gasteiger partial charge on any atom is 0.343 e. The van der Waals surface area contributed by atoms with Crippen molar-refractivity contribution >= 4 is 22.9 Å². The molecular formula is C16H12N2O3. The first-order valence-corrected chi connectivity index (χ1v) is 6.33. The van der Waals surface area contributed by atoms with E-state index in [0.717, 1.165) is 5.39 Å². The summed E-state index contributed by atoms with van der Waals surface area (Å²) in [4.78, 5) is 23.2. The number of benzene rings is 2. The van der Waals surface area contributed by atoms with E-state index in [2.05, 4.69) is 0 Å². The van der Waals surface area contributed by atoms with Gasteiger partial charge < -0.3 is 10.5 Å². The molecule has 0 atom stereocenters. The number of carbonyl (C=O) groups is 2. The van der Waals surface area contributed by atoms with Crippen LogP contribution < -0.4 is 10.5 Å². The van der Waals surface area contributed by atoms with E-state index >= 15 is 0 Å². The third-order valence-corrected chi connectivity index (χ3v) is 3.12. The first-order chi connectivity index (χ1) is 10.1. The van der Waals surface area contributed by atoms with Gasteiger partial charge in [-0.25, -0.2) is 9.59 Å². The summed E-state index contributed by atoms with van der Waals surface area (Å²) in [6.45, 7) is 0. The Morgan fingerprint density at radius 1 is 1.00 bits per heavy atom. The Morgan fingerprint density at radius 3 is 2.48 bits per heavy atom. The number of fused-ring (bicyclic) bond motifs is 1.